The van der Waals surface area contributed by atoms with Gasteiger partial charge in [-0.2, -0.15) is 0 Å². The van der Waals surface area contributed by atoms with Crippen LogP contribution < -0.4 is 0 Å². The molecule has 5 rings (SSSR count). The summed E-state index contributed by atoms with van der Waals surface area (Å²) in [6.45, 7) is 0. The van der Waals surface area contributed by atoms with Gasteiger partial charge in [0.2, 0.25) is 0 Å². The van der Waals surface area contributed by atoms with Gasteiger partial charge < -0.3 is 0 Å². The van der Waals surface area contributed by atoms with Crippen LogP contribution in [0.2, 0.25) is 0 Å². The normalized spacial score (nSPS) is 10.7. The number of benzene rings is 3. The SMILES string of the molecule is Brc1cc(-c2ccc(-c3ccccc3)cn2)cc(-c2ccc(-c3ccccc3)cn2)c1. The lowest BCUT2D eigenvalue weighted by molar-refractivity contribution is 1.31. The zero-order valence-electron chi connectivity index (χ0n) is 16.7. The van der Waals surface area contributed by atoms with Crippen molar-refractivity contribution < 1.29 is 0 Å². The van der Waals surface area contributed by atoms with Gasteiger partial charge in [-0.25, -0.2) is 0 Å². The molecule has 31 heavy (non-hydrogen) atoms. The topological polar surface area (TPSA) is 25.8 Å². The highest BCUT2D eigenvalue weighted by atomic mass is 79.9. The first-order chi connectivity index (χ1) is 15.3. The quantitative estimate of drug-likeness (QED) is 0.271. The van der Waals surface area contributed by atoms with Crippen LogP contribution in [0.1, 0.15) is 0 Å². The second-order valence-corrected chi connectivity index (χ2v) is 8.24. The van der Waals surface area contributed by atoms with Crippen LogP contribution in [0.3, 0.4) is 0 Å². The van der Waals surface area contributed by atoms with E-state index in [0.29, 0.717) is 0 Å². The lowest BCUT2D eigenvalue weighted by Gasteiger charge is -2.09. The molecule has 0 unspecified atom stereocenters. The largest absolute Gasteiger partial charge is 0.256 e. The monoisotopic (exact) mass is 462 g/mol. The van der Waals surface area contributed by atoms with Crippen molar-refractivity contribution in [1.29, 1.82) is 0 Å². The Morgan fingerprint density at radius 3 is 1.26 bits per heavy atom. The number of aromatic nitrogens is 2. The Hall–Kier alpha value is -3.56. The lowest BCUT2D eigenvalue weighted by Crippen LogP contribution is -1.89. The molecule has 2 aromatic heterocycles. The molecule has 0 aliphatic heterocycles. The van der Waals surface area contributed by atoms with Crippen molar-refractivity contribution in [3.05, 3.63) is 120 Å². The average Bonchev–Trinajstić information content (AvgIpc) is 2.85. The third kappa shape index (κ3) is 4.32. The first-order valence-electron chi connectivity index (χ1n) is 10.1. The van der Waals surface area contributed by atoms with Crippen molar-refractivity contribution in [2.45, 2.75) is 0 Å². The lowest BCUT2D eigenvalue weighted by atomic mass is 10.0. The van der Waals surface area contributed by atoms with Gasteiger partial charge in [-0.05, 0) is 41.5 Å². The highest BCUT2D eigenvalue weighted by Gasteiger charge is 2.08. The molecule has 2 nitrogen and oxygen atoms in total. The maximum absolute atomic E-state index is 4.71. The van der Waals surface area contributed by atoms with E-state index in [-0.39, 0.29) is 0 Å². The van der Waals surface area contributed by atoms with E-state index in [1.165, 1.54) is 11.1 Å². The van der Waals surface area contributed by atoms with Gasteiger partial charge >= 0.3 is 0 Å². The van der Waals surface area contributed by atoms with Gasteiger partial charge in [-0.15, -0.1) is 0 Å². The zero-order valence-corrected chi connectivity index (χ0v) is 18.3. The van der Waals surface area contributed by atoms with Crippen molar-refractivity contribution in [2.24, 2.45) is 0 Å². The fourth-order valence-corrected chi connectivity index (χ4v) is 4.11. The molecule has 0 amide bonds. The van der Waals surface area contributed by atoms with Crippen LogP contribution in [0.5, 0.6) is 0 Å². The standard InChI is InChI=1S/C28H19BrN2/c29-26-16-24(27-13-11-22(18-30-27)20-7-3-1-4-8-20)15-25(17-26)28-14-12-23(19-31-28)21-9-5-2-6-10-21/h1-19H. The number of halogens is 1. The maximum Gasteiger partial charge on any atom is 0.0703 e. The summed E-state index contributed by atoms with van der Waals surface area (Å²) >= 11 is 3.65. The van der Waals surface area contributed by atoms with Crippen LogP contribution in [0, 0.1) is 0 Å². The molecule has 0 atom stereocenters. The molecule has 0 spiro atoms. The summed E-state index contributed by atoms with van der Waals surface area (Å²) in [5.41, 5.74) is 8.52. The van der Waals surface area contributed by atoms with E-state index in [4.69, 9.17) is 9.97 Å². The average molecular weight is 463 g/mol. The summed E-state index contributed by atoms with van der Waals surface area (Å²) in [5.74, 6) is 0. The fraction of sp³-hybridized carbons (Fsp3) is 0. The first kappa shape index (κ1) is 19.4. The van der Waals surface area contributed by atoms with Crippen molar-refractivity contribution in [2.75, 3.05) is 0 Å². The van der Waals surface area contributed by atoms with Crippen molar-refractivity contribution >= 4 is 15.9 Å². The summed E-state index contributed by atoms with van der Waals surface area (Å²) < 4.78 is 1.00. The Morgan fingerprint density at radius 2 is 0.871 bits per heavy atom. The van der Waals surface area contributed by atoms with E-state index in [2.05, 4.69) is 82.7 Å². The van der Waals surface area contributed by atoms with Gasteiger partial charge in [0.05, 0.1) is 11.4 Å². The Labute approximate surface area is 190 Å². The third-order valence-electron chi connectivity index (χ3n) is 5.23. The predicted octanol–water partition coefficient (Wildman–Crippen LogP) is 7.91. The van der Waals surface area contributed by atoms with Crippen LogP contribution in [0.4, 0.5) is 0 Å². The van der Waals surface area contributed by atoms with E-state index < -0.39 is 0 Å². The van der Waals surface area contributed by atoms with Crippen LogP contribution >= 0.6 is 15.9 Å². The van der Waals surface area contributed by atoms with Crippen LogP contribution in [0.15, 0.2) is 120 Å². The maximum atomic E-state index is 4.71. The smallest absolute Gasteiger partial charge is 0.0703 e. The molecule has 2 heterocycles. The summed E-state index contributed by atoms with van der Waals surface area (Å²) in [5, 5.41) is 0. The van der Waals surface area contributed by atoms with Gasteiger partial charge in [0.15, 0.2) is 0 Å². The number of hydrogen-bond acceptors (Lipinski definition) is 2. The molecular formula is C28H19BrN2. The molecule has 148 valence electrons. The molecule has 0 aliphatic rings. The molecule has 0 N–H and O–H groups in total. The molecule has 0 aliphatic carbocycles. The zero-order chi connectivity index (χ0) is 21.0. The minimum Gasteiger partial charge on any atom is -0.256 e. The van der Waals surface area contributed by atoms with E-state index in [0.717, 1.165) is 38.1 Å². The van der Waals surface area contributed by atoms with Crippen LogP contribution in [-0.2, 0) is 0 Å². The molecule has 3 aromatic carbocycles. The number of pyridine rings is 2. The highest BCUT2D eigenvalue weighted by Crippen LogP contribution is 2.30. The minimum absolute atomic E-state index is 0.933. The molecule has 0 saturated carbocycles. The van der Waals surface area contributed by atoms with Gasteiger partial charge in [0, 0.05) is 39.1 Å². The summed E-state index contributed by atoms with van der Waals surface area (Å²) in [6.07, 6.45) is 3.86. The third-order valence-corrected chi connectivity index (χ3v) is 5.69. The fourth-order valence-electron chi connectivity index (χ4n) is 3.62. The Bertz CT molecular complexity index is 1200. The molecule has 5 aromatic rings. The van der Waals surface area contributed by atoms with E-state index >= 15 is 0 Å². The van der Waals surface area contributed by atoms with Gasteiger partial charge in [0.1, 0.15) is 0 Å². The summed E-state index contributed by atoms with van der Waals surface area (Å²) in [4.78, 5) is 9.43. The predicted molar refractivity (Wildman–Crippen MR) is 131 cm³/mol. The Balaban J connectivity index is 1.45. The Morgan fingerprint density at radius 1 is 0.419 bits per heavy atom. The van der Waals surface area contributed by atoms with Crippen molar-refractivity contribution in [3.8, 4) is 44.8 Å². The molecule has 0 saturated heterocycles. The second-order valence-electron chi connectivity index (χ2n) is 7.32. The number of rotatable bonds is 4. The molecule has 0 radical (unpaired) electrons. The summed E-state index contributed by atoms with van der Waals surface area (Å²) in [7, 11) is 0. The molecule has 0 fully saturated rings. The Kier molecular flexibility index (Phi) is 5.42. The van der Waals surface area contributed by atoms with Crippen molar-refractivity contribution in [1.82, 2.24) is 9.97 Å². The van der Waals surface area contributed by atoms with Gasteiger partial charge in [0.25, 0.3) is 0 Å². The van der Waals surface area contributed by atoms with Gasteiger partial charge in [-0.3, -0.25) is 9.97 Å². The number of hydrogen-bond donors (Lipinski definition) is 0. The highest BCUT2D eigenvalue weighted by molar-refractivity contribution is 9.10. The summed E-state index contributed by atoms with van der Waals surface area (Å²) in [6, 6.07) is 35.3. The second kappa shape index (κ2) is 8.66. The van der Waals surface area contributed by atoms with Crippen LogP contribution in [0.25, 0.3) is 44.8 Å². The van der Waals surface area contributed by atoms with Crippen LogP contribution in [-0.4, -0.2) is 9.97 Å². The van der Waals surface area contributed by atoms with E-state index in [1.54, 1.807) is 0 Å². The first-order valence-corrected chi connectivity index (χ1v) is 10.9. The molecule has 3 heteroatoms. The van der Waals surface area contributed by atoms with Gasteiger partial charge in [-0.1, -0.05) is 88.7 Å². The number of nitrogens with zero attached hydrogens (tertiary/aromatic N) is 2. The molecular weight excluding hydrogens is 444 g/mol. The van der Waals surface area contributed by atoms with Crippen molar-refractivity contribution in [3.63, 3.8) is 0 Å². The van der Waals surface area contributed by atoms with E-state index in [9.17, 15) is 0 Å². The molecule has 0 bridgehead atoms. The minimum atomic E-state index is 0.933. The van der Waals surface area contributed by atoms with E-state index in [1.807, 2.05) is 48.8 Å².